The molecule has 0 aliphatic carbocycles. The number of nitrogens with one attached hydrogen (secondary N) is 1. The van der Waals surface area contributed by atoms with Crippen molar-refractivity contribution >= 4 is 33.9 Å². The van der Waals surface area contributed by atoms with Crippen molar-refractivity contribution in [3.63, 3.8) is 0 Å². The van der Waals surface area contributed by atoms with Gasteiger partial charge in [0.2, 0.25) is 5.43 Å². The van der Waals surface area contributed by atoms with Crippen LogP contribution in [0.4, 0.5) is 0 Å². The Hall–Kier alpha value is -4.59. The summed E-state index contributed by atoms with van der Waals surface area (Å²) in [4.78, 5) is 40.1. The molecule has 0 saturated heterocycles. The van der Waals surface area contributed by atoms with Gasteiger partial charge in [-0.25, -0.2) is 9.59 Å². The predicted molar refractivity (Wildman–Crippen MR) is 139 cm³/mol. The highest BCUT2D eigenvalue weighted by atomic mass is 16.5. The van der Waals surface area contributed by atoms with Gasteiger partial charge in [0.05, 0.1) is 43.1 Å². The third-order valence-electron chi connectivity index (χ3n) is 6.77. The van der Waals surface area contributed by atoms with Gasteiger partial charge in [0.25, 0.3) is 0 Å². The topological polar surface area (TPSA) is 99.8 Å². The van der Waals surface area contributed by atoms with E-state index in [9.17, 15) is 14.4 Å². The van der Waals surface area contributed by atoms with Crippen molar-refractivity contribution in [2.45, 2.75) is 26.3 Å². The van der Waals surface area contributed by atoms with E-state index in [-0.39, 0.29) is 22.1 Å². The highest BCUT2D eigenvalue weighted by Crippen LogP contribution is 2.39. The molecule has 0 atom stereocenters. The number of aromatic nitrogens is 1. The van der Waals surface area contributed by atoms with Crippen molar-refractivity contribution in [2.24, 2.45) is 0 Å². The van der Waals surface area contributed by atoms with Gasteiger partial charge >= 0.3 is 11.9 Å². The molecule has 2 aromatic heterocycles. The molecular formula is C29H26N2O6. The van der Waals surface area contributed by atoms with Crippen LogP contribution in [-0.2, 0) is 25.6 Å². The third-order valence-corrected chi connectivity index (χ3v) is 6.77. The molecule has 188 valence electrons. The number of fused-ring (bicyclic) bond motifs is 3. The van der Waals surface area contributed by atoms with Crippen molar-refractivity contribution < 1.29 is 23.5 Å². The molecule has 0 fully saturated rings. The first kappa shape index (κ1) is 24.1. The van der Waals surface area contributed by atoms with Crippen LogP contribution < -0.4 is 10.7 Å². The Morgan fingerprint density at radius 2 is 1.51 bits per heavy atom. The molecule has 8 nitrogen and oxygen atoms in total. The second-order valence-electron chi connectivity index (χ2n) is 8.91. The van der Waals surface area contributed by atoms with Gasteiger partial charge in [0.1, 0.15) is 5.52 Å². The van der Waals surface area contributed by atoms with Crippen molar-refractivity contribution in [1.29, 1.82) is 0 Å². The number of rotatable bonds is 5. The summed E-state index contributed by atoms with van der Waals surface area (Å²) in [6.07, 6.45) is 1.34. The summed E-state index contributed by atoms with van der Waals surface area (Å²) in [6.45, 7) is 3.83. The number of carbonyl (C=O) groups excluding carboxylic acids is 2. The third kappa shape index (κ3) is 3.91. The van der Waals surface area contributed by atoms with Gasteiger partial charge < -0.3 is 23.8 Å². The number of ether oxygens (including phenoxy) is 2. The van der Waals surface area contributed by atoms with E-state index in [0.717, 1.165) is 16.5 Å². The molecule has 2 aromatic carbocycles. The number of nitrogens with zero attached hydrogens (tertiary/aromatic N) is 1. The molecule has 0 bridgehead atoms. The largest absolute Gasteiger partial charge is 0.466 e. The Morgan fingerprint density at radius 3 is 2.14 bits per heavy atom. The lowest BCUT2D eigenvalue weighted by Gasteiger charge is -2.29. The van der Waals surface area contributed by atoms with Gasteiger partial charge in [-0.1, -0.05) is 42.5 Å². The molecule has 5 rings (SSSR count). The van der Waals surface area contributed by atoms with Crippen molar-refractivity contribution in [3.8, 4) is 0 Å². The number of dihydropyridines is 1. The van der Waals surface area contributed by atoms with Gasteiger partial charge in [0, 0.05) is 28.9 Å². The molecule has 37 heavy (non-hydrogen) atoms. The van der Waals surface area contributed by atoms with E-state index < -0.39 is 17.9 Å². The Morgan fingerprint density at radius 1 is 0.919 bits per heavy atom. The molecule has 0 saturated carbocycles. The summed E-state index contributed by atoms with van der Waals surface area (Å²) in [5.74, 6) is -2.36. The maximum absolute atomic E-state index is 14.3. The monoisotopic (exact) mass is 498 g/mol. The molecule has 0 radical (unpaired) electrons. The Kier molecular flexibility index (Phi) is 6.17. The highest BCUT2D eigenvalue weighted by Gasteiger charge is 2.40. The van der Waals surface area contributed by atoms with Crippen LogP contribution in [0.5, 0.6) is 0 Å². The summed E-state index contributed by atoms with van der Waals surface area (Å²) in [6, 6.07) is 17.4. The van der Waals surface area contributed by atoms with Crippen LogP contribution in [0.1, 0.15) is 30.9 Å². The van der Waals surface area contributed by atoms with Gasteiger partial charge in [0.15, 0.2) is 5.58 Å². The fourth-order valence-electron chi connectivity index (χ4n) is 5.12. The lowest BCUT2D eigenvalue weighted by atomic mass is 9.81. The van der Waals surface area contributed by atoms with Gasteiger partial charge in [-0.2, -0.15) is 0 Å². The second-order valence-corrected chi connectivity index (χ2v) is 8.91. The van der Waals surface area contributed by atoms with E-state index in [1.54, 1.807) is 13.8 Å². The minimum absolute atomic E-state index is 0.144. The Labute approximate surface area is 212 Å². The number of allylic oxidation sites excluding steroid dienone is 2. The minimum atomic E-state index is -1.04. The normalized spacial score (nSPS) is 14.3. The number of benzene rings is 2. The molecule has 0 amide bonds. The molecule has 0 spiro atoms. The first-order valence-corrected chi connectivity index (χ1v) is 11.8. The first-order valence-electron chi connectivity index (χ1n) is 11.8. The zero-order valence-corrected chi connectivity index (χ0v) is 21.0. The fraction of sp³-hybridized carbons (Fsp3) is 0.207. The zero-order valence-electron chi connectivity index (χ0n) is 21.0. The van der Waals surface area contributed by atoms with Crippen LogP contribution in [0.25, 0.3) is 22.0 Å². The molecule has 1 aliphatic rings. The van der Waals surface area contributed by atoms with Crippen LogP contribution in [0.2, 0.25) is 0 Å². The predicted octanol–water partition coefficient (Wildman–Crippen LogP) is 4.38. The maximum Gasteiger partial charge on any atom is 0.336 e. The zero-order chi connectivity index (χ0) is 26.3. The van der Waals surface area contributed by atoms with Gasteiger partial charge in [-0.3, -0.25) is 4.79 Å². The molecule has 4 aromatic rings. The Bertz CT molecular complexity index is 1640. The number of para-hydroxylation sites is 1. The molecule has 0 unspecified atom stereocenters. The van der Waals surface area contributed by atoms with E-state index in [0.29, 0.717) is 29.0 Å². The van der Waals surface area contributed by atoms with Crippen molar-refractivity contribution in [1.82, 2.24) is 9.88 Å². The molecule has 1 aliphatic heterocycles. The molecule has 1 N–H and O–H groups in total. The van der Waals surface area contributed by atoms with E-state index in [1.165, 1.54) is 20.5 Å². The minimum Gasteiger partial charge on any atom is -0.466 e. The van der Waals surface area contributed by atoms with Crippen LogP contribution in [0, 0.1) is 0 Å². The van der Waals surface area contributed by atoms with Crippen LogP contribution >= 0.6 is 0 Å². The SMILES string of the molecule is COC(=O)C1=C(C)NC(C)=C(C(=O)OC)C1c1coc2c3ccccc3n(Cc3ccccc3)c2c1=O. The lowest BCUT2D eigenvalue weighted by molar-refractivity contribution is -0.137. The Balaban J connectivity index is 1.83. The average molecular weight is 499 g/mol. The van der Waals surface area contributed by atoms with Crippen LogP contribution in [0.15, 0.2) is 92.6 Å². The van der Waals surface area contributed by atoms with Crippen LogP contribution in [0.3, 0.4) is 0 Å². The van der Waals surface area contributed by atoms with Crippen LogP contribution in [-0.4, -0.2) is 30.7 Å². The van der Waals surface area contributed by atoms with E-state index >= 15 is 0 Å². The van der Waals surface area contributed by atoms with E-state index in [2.05, 4.69) is 5.32 Å². The summed E-state index contributed by atoms with van der Waals surface area (Å²) in [7, 11) is 2.51. The van der Waals surface area contributed by atoms with Crippen molar-refractivity contribution in [3.05, 3.63) is 105 Å². The number of hydrogen-bond donors (Lipinski definition) is 1. The lowest BCUT2D eigenvalue weighted by Crippen LogP contribution is -2.34. The summed E-state index contributed by atoms with van der Waals surface area (Å²) < 4.78 is 18.1. The summed E-state index contributed by atoms with van der Waals surface area (Å²) >= 11 is 0. The number of esters is 2. The molecule has 3 heterocycles. The highest BCUT2D eigenvalue weighted by molar-refractivity contribution is 6.05. The van der Waals surface area contributed by atoms with Gasteiger partial charge in [-0.15, -0.1) is 0 Å². The van der Waals surface area contributed by atoms with E-state index in [1.807, 2.05) is 59.2 Å². The summed E-state index contributed by atoms with van der Waals surface area (Å²) in [5.41, 5.74) is 3.68. The van der Waals surface area contributed by atoms with E-state index in [4.69, 9.17) is 13.9 Å². The summed E-state index contributed by atoms with van der Waals surface area (Å²) in [5, 5.41) is 3.85. The molecular weight excluding hydrogens is 472 g/mol. The average Bonchev–Trinajstić information content (AvgIpc) is 3.22. The standard InChI is InChI=1S/C29H26N2O6/c1-16-22(28(33)35-3)24(23(17(2)30-16)29(34)36-4)20-15-37-27-19-12-8-9-13-21(19)31(25(27)26(20)32)14-18-10-6-5-7-11-18/h5-13,15,24,30H,14H2,1-4H3. The second kappa shape index (κ2) is 9.46. The first-order chi connectivity index (χ1) is 17.9. The molecule has 8 heteroatoms. The fourth-order valence-corrected chi connectivity index (χ4v) is 5.12. The quantitative estimate of drug-likeness (QED) is 0.408. The maximum atomic E-state index is 14.3. The number of carbonyl (C=O) groups is 2. The number of hydrogen-bond acceptors (Lipinski definition) is 7. The van der Waals surface area contributed by atoms with Crippen molar-refractivity contribution in [2.75, 3.05) is 14.2 Å². The smallest absolute Gasteiger partial charge is 0.336 e. The van der Waals surface area contributed by atoms with Gasteiger partial charge in [-0.05, 0) is 31.5 Å². The number of methoxy groups -OCH3 is 2.